The van der Waals surface area contributed by atoms with Crippen molar-refractivity contribution in [2.24, 2.45) is 0 Å². The van der Waals surface area contributed by atoms with E-state index in [0.29, 0.717) is 26.2 Å². The highest BCUT2D eigenvalue weighted by Crippen LogP contribution is 2.20. The van der Waals surface area contributed by atoms with Gasteiger partial charge in [0.15, 0.2) is 0 Å². The predicted molar refractivity (Wildman–Crippen MR) is 67.7 cm³/mol. The summed E-state index contributed by atoms with van der Waals surface area (Å²) in [5.74, 6) is -0.384. The van der Waals surface area contributed by atoms with Crippen molar-refractivity contribution in [1.82, 2.24) is 8.61 Å². The molecule has 0 aromatic rings. The van der Waals surface area contributed by atoms with Gasteiger partial charge in [-0.1, -0.05) is 0 Å². The van der Waals surface area contributed by atoms with Crippen LogP contribution in [0.25, 0.3) is 0 Å². The van der Waals surface area contributed by atoms with Crippen molar-refractivity contribution in [1.29, 1.82) is 0 Å². The molecule has 0 bridgehead atoms. The summed E-state index contributed by atoms with van der Waals surface area (Å²) in [5, 5.41) is 0. The third-order valence-electron chi connectivity index (χ3n) is 3.44. The Morgan fingerprint density at radius 3 is 2.58 bits per heavy atom. The second-order valence-electron chi connectivity index (χ2n) is 4.75. The molecule has 2 heterocycles. The van der Waals surface area contributed by atoms with Gasteiger partial charge in [-0.3, -0.25) is 4.79 Å². The fraction of sp³-hybridized carbons (Fsp3) is 0.909. The minimum absolute atomic E-state index is 0.0858. The summed E-state index contributed by atoms with van der Waals surface area (Å²) in [5.41, 5.74) is 0. The van der Waals surface area contributed by atoms with E-state index in [0.717, 1.165) is 12.8 Å². The molecule has 110 valence electrons. The van der Waals surface area contributed by atoms with Crippen LogP contribution in [-0.4, -0.2) is 69.0 Å². The van der Waals surface area contributed by atoms with Crippen molar-refractivity contribution in [3.8, 4) is 0 Å². The molecule has 0 aliphatic carbocycles. The summed E-state index contributed by atoms with van der Waals surface area (Å²) in [6, 6.07) is 0. The molecule has 0 spiro atoms. The van der Waals surface area contributed by atoms with Crippen molar-refractivity contribution in [3.05, 3.63) is 0 Å². The lowest BCUT2D eigenvalue weighted by atomic mass is 10.2. The lowest BCUT2D eigenvalue weighted by Gasteiger charge is -2.34. The number of hydrogen-bond donors (Lipinski definition) is 0. The minimum Gasteiger partial charge on any atom is -0.469 e. The third-order valence-corrected chi connectivity index (χ3v) is 5.44. The Morgan fingerprint density at radius 1 is 1.26 bits per heavy atom. The van der Waals surface area contributed by atoms with Crippen molar-refractivity contribution in [3.63, 3.8) is 0 Å². The van der Waals surface area contributed by atoms with Gasteiger partial charge >= 0.3 is 5.97 Å². The topological polar surface area (TPSA) is 76.2 Å². The van der Waals surface area contributed by atoms with Crippen LogP contribution >= 0.6 is 0 Å². The molecular weight excluding hydrogens is 272 g/mol. The first kappa shape index (κ1) is 14.7. The molecule has 0 saturated carbocycles. The van der Waals surface area contributed by atoms with Crippen LogP contribution in [0.5, 0.6) is 0 Å². The minimum atomic E-state index is -3.40. The fourth-order valence-electron chi connectivity index (χ4n) is 2.38. The van der Waals surface area contributed by atoms with Gasteiger partial charge < -0.3 is 9.47 Å². The zero-order valence-corrected chi connectivity index (χ0v) is 11.9. The lowest BCUT2D eigenvalue weighted by Crippen LogP contribution is -2.51. The number of rotatable bonds is 4. The van der Waals surface area contributed by atoms with Crippen LogP contribution in [0.4, 0.5) is 0 Å². The Morgan fingerprint density at radius 2 is 1.95 bits per heavy atom. The predicted octanol–water partition coefficient (Wildman–Crippen LogP) is -0.409. The van der Waals surface area contributed by atoms with Crippen molar-refractivity contribution < 1.29 is 22.7 Å². The molecule has 8 heteroatoms. The summed E-state index contributed by atoms with van der Waals surface area (Å²) in [7, 11) is -2.09. The molecular formula is C11H20N2O5S. The SMILES string of the molecule is COC(=O)CC1CN(S(=O)(=O)N2CCCC2)CCO1. The highest BCUT2D eigenvalue weighted by molar-refractivity contribution is 7.86. The third kappa shape index (κ3) is 3.44. The van der Waals surface area contributed by atoms with Crippen LogP contribution < -0.4 is 0 Å². The van der Waals surface area contributed by atoms with Gasteiger partial charge in [0.2, 0.25) is 0 Å². The summed E-state index contributed by atoms with van der Waals surface area (Å²) in [6.45, 7) is 2.04. The second-order valence-corrected chi connectivity index (χ2v) is 6.67. The molecule has 2 aliphatic rings. The number of nitrogens with zero attached hydrogens (tertiary/aromatic N) is 2. The maximum atomic E-state index is 12.4. The van der Waals surface area contributed by atoms with Gasteiger partial charge in [0.05, 0.1) is 26.2 Å². The summed E-state index contributed by atoms with van der Waals surface area (Å²) in [6.07, 6.45) is 1.49. The van der Waals surface area contributed by atoms with E-state index in [1.54, 1.807) is 0 Å². The van der Waals surface area contributed by atoms with Gasteiger partial charge in [0.25, 0.3) is 10.2 Å². The highest BCUT2D eigenvalue weighted by atomic mass is 32.2. The summed E-state index contributed by atoms with van der Waals surface area (Å²) in [4.78, 5) is 11.2. The van der Waals surface area contributed by atoms with Crippen LogP contribution in [0.1, 0.15) is 19.3 Å². The first-order valence-corrected chi connectivity index (χ1v) is 7.87. The Hall–Kier alpha value is -0.700. The Bertz CT molecular complexity index is 419. The largest absolute Gasteiger partial charge is 0.469 e. The van der Waals surface area contributed by atoms with E-state index in [4.69, 9.17) is 4.74 Å². The number of carbonyl (C=O) groups is 1. The summed E-state index contributed by atoms with van der Waals surface area (Å²) < 4.78 is 37.6. The number of ether oxygens (including phenoxy) is 2. The van der Waals surface area contributed by atoms with Crippen LogP contribution in [0, 0.1) is 0 Å². The maximum absolute atomic E-state index is 12.4. The normalized spacial score (nSPS) is 26.5. The van der Waals surface area contributed by atoms with Gasteiger partial charge in [-0.15, -0.1) is 0 Å². The van der Waals surface area contributed by atoms with Gasteiger partial charge in [0, 0.05) is 26.2 Å². The molecule has 1 atom stereocenters. The van der Waals surface area contributed by atoms with Crippen molar-refractivity contribution >= 4 is 16.2 Å². The zero-order valence-electron chi connectivity index (χ0n) is 11.1. The Kier molecular flexibility index (Phi) is 4.77. The van der Waals surface area contributed by atoms with E-state index in [2.05, 4.69) is 4.74 Å². The van der Waals surface area contributed by atoms with Gasteiger partial charge in [-0.2, -0.15) is 17.0 Å². The quantitative estimate of drug-likeness (QED) is 0.659. The van der Waals surface area contributed by atoms with Crippen LogP contribution in [0.15, 0.2) is 0 Å². The van der Waals surface area contributed by atoms with Gasteiger partial charge in [-0.05, 0) is 12.8 Å². The lowest BCUT2D eigenvalue weighted by molar-refractivity contribution is -0.145. The molecule has 0 amide bonds. The highest BCUT2D eigenvalue weighted by Gasteiger charge is 2.35. The van der Waals surface area contributed by atoms with Crippen molar-refractivity contribution in [2.75, 3.05) is 39.9 Å². The average molecular weight is 292 g/mol. The molecule has 19 heavy (non-hydrogen) atoms. The van der Waals surface area contributed by atoms with E-state index in [1.807, 2.05) is 0 Å². The van der Waals surface area contributed by atoms with Gasteiger partial charge in [0.1, 0.15) is 0 Å². The molecule has 0 N–H and O–H groups in total. The smallest absolute Gasteiger partial charge is 0.308 e. The van der Waals surface area contributed by atoms with Crippen molar-refractivity contribution in [2.45, 2.75) is 25.4 Å². The standard InChI is InChI=1S/C11H20N2O5S/c1-17-11(14)8-10-9-13(6-7-18-10)19(15,16)12-4-2-3-5-12/h10H,2-9H2,1H3. The number of morpholine rings is 1. The van der Waals surface area contributed by atoms with Crippen LogP contribution in [0.2, 0.25) is 0 Å². The monoisotopic (exact) mass is 292 g/mol. The molecule has 2 saturated heterocycles. The number of carbonyl (C=O) groups excluding carboxylic acids is 1. The van der Waals surface area contributed by atoms with E-state index in [1.165, 1.54) is 15.7 Å². The fourth-order valence-corrected chi connectivity index (χ4v) is 4.08. The molecule has 0 aromatic carbocycles. The van der Waals surface area contributed by atoms with Crippen LogP contribution in [0.3, 0.4) is 0 Å². The molecule has 0 radical (unpaired) electrons. The maximum Gasteiger partial charge on any atom is 0.308 e. The molecule has 2 fully saturated rings. The van der Waals surface area contributed by atoms with Gasteiger partial charge in [-0.25, -0.2) is 0 Å². The van der Waals surface area contributed by atoms with E-state index >= 15 is 0 Å². The molecule has 2 aliphatic heterocycles. The number of methoxy groups -OCH3 is 1. The summed E-state index contributed by atoms with van der Waals surface area (Å²) >= 11 is 0. The Balaban J connectivity index is 1.98. The molecule has 1 unspecified atom stereocenters. The van der Waals surface area contributed by atoms with E-state index in [9.17, 15) is 13.2 Å². The second kappa shape index (κ2) is 6.17. The first-order valence-electron chi connectivity index (χ1n) is 6.47. The number of esters is 1. The van der Waals surface area contributed by atoms with E-state index < -0.39 is 16.3 Å². The van der Waals surface area contributed by atoms with E-state index in [-0.39, 0.29) is 18.9 Å². The average Bonchev–Trinajstić information content (AvgIpc) is 2.93. The molecule has 7 nitrogen and oxygen atoms in total. The zero-order chi connectivity index (χ0) is 13.9. The molecule has 2 rings (SSSR count). The van der Waals surface area contributed by atoms with Crippen LogP contribution in [-0.2, 0) is 24.5 Å². The Labute approximate surface area is 113 Å². The molecule has 0 aromatic heterocycles. The first-order chi connectivity index (χ1) is 9.04. The number of hydrogen-bond acceptors (Lipinski definition) is 5.